The summed E-state index contributed by atoms with van der Waals surface area (Å²) in [6.07, 6.45) is 0. The topological polar surface area (TPSA) is 95.2 Å². The summed E-state index contributed by atoms with van der Waals surface area (Å²) < 4.78 is 31.9. The predicted molar refractivity (Wildman–Crippen MR) is 57.9 cm³/mol. The molecule has 1 aromatic heterocycles. The number of nitro groups is 1. The molecule has 0 unspecified atom stereocenters. The Hall–Kier alpha value is -2.22. The zero-order valence-corrected chi connectivity index (χ0v) is 9.24. The third kappa shape index (κ3) is 1.76. The van der Waals surface area contributed by atoms with Crippen LogP contribution in [0.2, 0.25) is 5.02 Å². The highest BCUT2D eigenvalue weighted by Gasteiger charge is 2.27. The van der Waals surface area contributed by atoms with Crippen molar-refractivity contribution in [1.29, 1.82) is 0 Å². The van der Waals surface area contributed by atoms with Crippen molar-refractivity contribution < 1.29 is 18.2 Å². The van der Waals surface area contributed by atoms with Gasteiger partial charge in [-0.2, -0.15) is 4.39 Å². The minimum atomic E-state index is -1.40. The molecule has 0 bridgehead atoms. The molecule has 0 aliphatic heterocycles. The summed E-state index contributed by atoms with van der Waals surface area (Å²) >= 11 is 5.63. The van der Waals surface area contributed by atoms with E-state index in [9.17, 15) is 18.9 Å². The molecule has 0 saturated carbocycles. The van der Waals surface area contributed by atoms with E-state index in [0.29, 0.717) is 6.07 Å². The van der Waals surface area contributed by atoms with Gasteiger partial charge in [-0.15, -0.1) is 0 Å². The maximum absolute atomic E-state index is 13.8. The van der Waals surface area contributed by atoms with Gasteiger partial charge in [0.05, 0.1) is 4.92 Å². The molecule has 18 heavy (non-hydrogen) atoms. The number of nitrogens with zero attached hydrogens (tertiary/aromatic N) is 2. The van der Waals surface area contributed by atoms with Crippen LogP contribution in [0, 0.1) is 21.7 Å². The Balaban J connectivity index is 2.75. The lowest BCUT2D eigenvalue weighted by molar-refractivity contribution is -0.387. The van der Waals surface area contributed by atoms with Crippen molar-refractivity contribution in [2.75, 3.05) is 5.73 Å². The van der Waals surface area contributed by atoms with Crippen LogP contribution >= 0.6 is 11.6 Å². The molecule has 6 nitrogen and oxygen atoms in total. The first-order valence-corrected chi connectivity index (χ1v) is 4.84. The summed E-state index contributed by atoms with van der Waals surface area (Å²) in [5.74, 6) is -3.24. The second-order valence-electron chi connectivity index (χ2n) is 3.22. The highest BCUT2D eigenvalue weighted by atomic mass is 35.5. The molecule has 0 spiro atoms. The van der Waals surface area contributed by atoms with E-state index in [1.54, 1.807) is 0 Å². The van der Waals surface area contributed by atoms with Crippen molar-refractivity contribution in [3.8, 4) is 11.3 Å². The SMILES string of the molecule is Nc1noc(-c2c(F)ccc([N+](=O)[O-])c2F)c1Cl. The van der Waals surface area contributed by atoms with Crippen LogP contribution < -0.4 is 5.73 Å². The number of nitrogen functional groups attached to an aromatic ring is 1. The fourth-order valence-corrected chi connectivity index (χ4v) is 1.50. The number of rotatable bonds is 2. The van der Waals surface area contributed by atoms with Gasteiger partial charge in [0.15, 0.2) is 11.6 Å². The Morgan fingerprint density at radius 3 is 2.61 bits per heavy atom. The smallest absolute Gasteiger partial charge is 0.305 e. The molecule has 0 aliphatic carbocycles. The summed E-state index contributed by atoms with van der Waals surface area (Å²) in [5.41, 5.74) is 3.58. The lowest BCUT2D eigenvalue weighted by Crippen LogP contribution is -1.97. The van der Waals surface area contributed by atoms with E-state index in [2.05, 4.69) is 9.68 Å². The maximum atomic E-state index is 13.8. The minimum Gasteiger partial charge on any atom is -0.380 e. The zero-order valence-electron chi connectivity index (χ0n) is 8.49. The third-order valence-corrected chi connectivity index (χ3v) is 2.52. The fourth-order valence-electron chi connectivity index (χ4n) is 1.34. The molecular formula is C9H4ClF2N3O3. The largest absolute Gasteiger partial charge is 0.380 e. The minimum absolute atomic E-state index is 0.267. The third-order valence-electron chi connectivity index (χ3n) is 2.15. The normalized spacial score (nSPS) is 10.6. The number of nitrogens with two attached hydrogens (primary N) is 1. The fraction of sp³-hybridized carbons (Fsp3) is 0. The highest BCUT2D eigenvalue weighted by Crippen LogP contribution is 2.37. The molecule has 0 radical (unpaired) electrons. The second-order valence-corrected chi connectivity index (χ2v) is 3.60. The highest BCUT2D eigenvalue weighted by molar-refractivity contribution is 6.35. The van der Waals surface area contributed by atoms with Gasteiger partial charge in [-0.3, -0.25) is 10.1 Å². The van der Waals surface area contributed by atoms with Crippen molar-refractivity contribution in [2.45, 2.75) is 0 Å². The average Bonchev–Trinajstić information content (AvgIpc) is 2.61. The van der Waals surface area contributed by atoms with Crippen LogP contribution in [0.5, 0.6) is 0 Å². The van der Waals surface area contributed by atoms with Crippen molar-refractivity contribution in [1.82, 2.24) is 5.16 Å². The van der Waals surface area contributed by atoms with Crippen LogP contribution in [0.25, 0.3) is 11.3 Å². The number of anilines is 1. The number of hydrogen-bond acceptors (Lipinski definition) is 5. The molecule has 9 heteroatoms. The van der Waals surface area contributed by atoms with Gasteiger partial charge < -0.3 is 10.3 Å². The molecule has 0 fully saturated rings. The van der Waals surface area contributed by atoms with Crippen LogP contribution in [-0.2, 0) is 0 Å². The summed E-state index contributed by atoms with van der Waals surface area (Å²) in [4.78, 5) is 9.55. The molecule has 1 aromatic carbocycles. The summed E-state index contributed by atoms with van der Waals surface area (Å²) in [7, 11) is 0. The summed E-state index contributed by atoms with van der Waals surface area (Å²) in [5, 5.41) is 13.5. The summed E-state index contributed by atoms with van der Waals surface area (Å²) in [6.45, 7) is 0. The first-order valence-electron chi connectivity index (χ1n) is 4.47. The number of hydrogen-bond donors (Lipinski definition) is 1. The van der Waals surface area contributed by atoms with Crippen LogP contribution in [-0.4, -0.2) is 10.1 Å². The van der Waals surface area contributed by atoms with Gasteiger partial charge in [-0.1, -0.05) is 16.8 Å². The van der Waals surface area contributed by atoms with Crippen molar-refractivity contribution >= 4 is 23.1 Å². The Labute approximate surface area is 103 Å². The molecule has 0 amide bonds. The second kappa shape index (κ2) is 4.22. The van der Waals surface area contributed by atoms with E-state index < -0.39 is 33.6 Å². The van der Waals surface area contributed by atoms with Crippen molar-refractivity contribution in [2.24, 2.45) is 0 Å². The molecule has 0 saturated heterocycles. The van der Waals surface area contributed by atoms with E-state index >= 15 is 0 Å². The van der Waals surface area contributed by atoms with E-state index in [-0.39, 0.29) is 10.8 Å². The van der Waals surface area contributed by atoms with E-state index in [1.165, 1.54) is 0 Å². The number of halogens is 3. The number of nitro benzene ring substituents is 1. The summed E-state index contributed by atoms with van der Waals surface area (Å²) in [6, 6.07) is 1.42. The Bertz CT molecular complexity index is 644. The van der Waals surface area contributed by atoms with E-state index in [0.717, 1.165) is 6.07 Å². The maximum Gasteiger partial charge on any atom is 0.305 e. The van der Waals surface area contributed by atoms with Gasteiger partial charge in [0.1, 0.15) is 16.4 Å². The van der Waals surface area contributed by atoms with Gasteiger partial charge >= 0.3 is 5.69 Å². The Kier molecular flexibility index (Phi) is 2.87. The molecule has 0 aliphatic rings. The van der Waals surface area contributed by atoms with Crippen molar-refractivity contribution in [3.63, 3.8) is 0 Å². The van der Waals surface area contributed by atoms with Gasteiger partial charge in [-0.05, 0) is 6.07 Å². The Morgan fingerprint density at radius 1 is 1.44 bits per heavy atom. The lowest BCUT2D eigenvalue weighted by Gasteiger charge is -2.02. The number of benzene rings is 1. The van der Waals surface area contributed by atoms with Crippen molar-refractivity contribution in [3.05, 3.63) is 38.9 Å². The van der Waals surface area contributed by atoms with Crippen LogP contribution in [0.4, 0.5) is 20.3 Å². The molecule has 94 valence electrons. The predicted octanol–water partition coefficient (Wildman–Crippen LogP) is 2.76. The van der Waals surface area contributed by atoms with Gasteiger partial charge in [0.2, 0.25) is 5.82 Å². The van der Waals surface area contributed by atoms with Gasteiger partial charge in [-0.25, -0.2) is 4.39 Å². The first kappa shape index (κ1) is 12.2. The van der Waals surface area contributed by atoms with Gasteiger partial charge in [0, 0.05) is 6.07 Å². The standard InChI is InChI=1S/C9H4ClF2N3O3/c10-6-8(18-14-9(6)13)5-3(11)1-2-4(7(5)12)15(16)17/h1-2H,(H2,13,14). The van der Waals surface area contributed by atoms with Crippen LogP contribution in [0.15, 0.2) is 16.7 Å². The quantitative estimate of drug-likeness (QED) is 0.671. The molecule has 2 rings (SSSR count). The van der Waals surface area contributed by atoms with E-state index in [4.69, 9.17) is 17.3 Å². The zero-order chi connectivity index (χ0) is 13.4. The number of aromatic nitrogens is 1. The Morgan fingerprint density at radius 2 is 2.11 bits per heavy atom. The van der Waals surface area contributed by atoms with Gasteiger partial charge in [0.25, 0.3) is 0 Å². The molecule has 2 N–H and O–H groups in total. The molecule has 2 aromatic rings. The monoisotopic (exact) mass is 275 g/mol. The average molecular weight is 276 g/mol. The van der Waals surface area contributed by atoms with Crippen LogP contribution in [0.1, 0.15) is 0 Å². The first-order chi connectivity index (χ1) is 8.43. The molecule has 0 atom stereocenters. The molecule has 1 heterocycles. The lowest BCUT2D eigenvalue weighted by atomic mass is 10.1. The van der Waals surface area contributed by atoms with Crippen LogP contribution in [0.3, 0.4) is 0 Å². The van der Waals surface area contributed by atoms with E-state index in [1.807, 2.05) is 0 Å². The molecular weight excluding hydrogens is 272 g/mol.